The third-order valence-corrected chi connectivity index (χ3v) is 4.86. The minimum Gasteiger partial charge on any atom is -0.305 e. The van der Waals surface area contributed by atoms with E-state index in [1.165, 1.54) is 34.9 Å². The summed E-state index contributed by atoms with van der Waals surface area (Å²) in [6, 6.07) is 14.6. The van der Waals surface area contributed by atoms with E-state index in [4.69, 9.17) is 0 Å². The summed E-state index contributed by atoms with van der Waals surface area (Å²) in [6.07, 6.45) is 1.25. The minimum atomic E-state index is -0.747. The zero-order valence-corrected chi connectivity index (χ0v) is 16.1. The van der Waals surface area contributed by atoms with E-state index in [0.717, 1.165) is 0 Å². The average molecular weight is 414 g/mol. The summed E-state index contributed by atoms with van der Waals surface area (Å²) < 4.78 is 1.35. The topological polar surface area (TPSA) is 142 Å². The molecular formula is C21H14N6O4. The van der Waals surface area contributed by atoms with E-state index >= 15 is 0 Å². The molecule has 0 atom stereocenters. The Hall–Kier alpha value is -4.78. The van der Waals surface area contributed by atoms with Crippen molar-refractivity contribution in [2.45, 2.75) is 6.92 Å². The van der Waals surface area contributed by atoms with Crippen LogP contribution >= 0.6 is 0 Å². The predicted molar refractivity (Wildman–Crippen MR) is 112 cm³/mol. The van der Waals surface area contributed by atoms with Crippen LogP contribution < -0.4 is 21.6 Å². The maximum absolute atomic E-state index is 13.1. The Bertz CT molecular complexity index is 1530. The van der Waals surface area contributed by atoms with E-state index in [9.17, 15) is 25.0 Å². The van der Waals surface area contributed by atoms with Gasteiger partial charge in [-0.15, -0.1) is 0 Å². The van der Waals surface area contributed by atoms with Crippen molar-refractivity contribution in [3.05, 3.63) is 90.9 Å². The summed E-state index contributed by atoms with van der Waals surface area (Å²) in [7, 11) is 0. The van der Waals surface area contributed by atoms with Gasteiger partial charge in [-0.25, -0.2) is 4.98 Å². The number of nitrogens with one attached hydrogen (secondary N) is 2. The molecule has 0 aliphatic heterocycles. The molecule has 0 aliphatic carbocycles. The Morgan fingerprint density at radius 1 is 1.23 bits per heavy atom. The fraction of sp³-hybridized carbons (Fsp3) is 0.0476. The highest BCUT2D eigenvalue weighted by Gasteiger charge is 2.19. The molecule has 0 radical (unpaired) electrons. The second kappa shape index (κ2) is 7.57. The van der Waals surface area contributed by atoms with E-state index in [0.29, 0.717) is 16.6 Å². The maximum Gasteiger partial charge on any atom is 0.282 e. The van der Waals surface area contributed by atoms with Crippen molar-refractivity contribution in [3.63, 3.8) is 0 Å². The standard InChI is InChI=1S/C21H14N6O4/c1-12-14(10-22)19-24-16-7-3-5-9-18(16)26(19)21(29)15(12)11-23-25-20(28)13-6-2-4-8-17(13)27(30)31/h2-9,11,23H,1H3,(H,25,28). The van der Waals surface area contributed by atoms with Crippen LogP contribution in [0.4, 0.5) is 5.69 Å². The minimum absolute atomic E-state index is 0.138. The van der Waals surface area contributed by atoms with Crippen molar-refractivity contribution in [2.24, 2.45) is 0 Å². The Labute approximate surface area is 174 Å². The third-order valence-electron chi connectivity index (χ3n) is 4.86. The van der Waals surface area contributed by atoms with Gasteiger partial charge in [0, 0.05) is 12.3 Å². The molecule has 2 heterocycles. The fourth-order valence-electron chi connectivity index (χ4n) is 3.35. The molecule has 0 fully saturated rings. The van der Waals surface area contributed by atoms with Crippen LogP contribution in [0.15, 0.2) is 53.3 Å². The number of nitrogens with zero attached hydrogens (tertiary/aromatic N) is 4. The quantitative estimate of drug-likeness (QED) is 0.379. The summed E-state index contributed by atoms with van der Waals surface area (Å²) in [5.41, 5.74) is 5.93. The van der Waals surface area contributed by atoms with Crippen LogP contribution in [0.25, 0.3) is 22.9 Å². The van der Waals surface area contributed by atoms with Crippen LogP contribution in [-0.2, 0) is 0 Å². The predicted octanol–water partition coefficient (Wildman–Crippen LogP) is 1.33. The number of benzene rings is 2. The van der Waals surface area contributed by atoms with Gasteiger partial charge in [0.2, 0.25) is 0 Å². The monoisotopic (exact) mass is 414 g/mol. The van der Waals surface area contributed by atoms with Gasteiger partial charge in [0.05, 0.1) is 26.7 Å². The lowest BCUT2D eigenvalue weighted by atomic mass is 10.1. The number of imidazole rings is 1. The van der Waals surface area contributed by atoms with Gasteiger partial charge in [0.25, 0.3) is 17.2 Å². The molecule has 10 heteroatoms. The van der Waals surface area contributed by atoms with Crippen molar-refractivity contribution < 1.29 is 9.72 Å². The SMILES string of the molecule is Cc1c(C#N)c2nc3ccccc3n2c(=O)c1=CNNC(=O)c1ccccc1[N+](=O)[O-]. The number of aromatic nitrogens is 2. The number of para-hydroxylation sites is 3. The van der Waals surface area contributed by atoms with Gasteiger partial charge >= 0.3 is 0 Å². The number of nitriles is 1. The lowest BCUT2D eigenvalue weighted by Crippen LogP contribution is -2.40. The maximum atomic E-state index is 13.1. The van der Waals surface area contributed by atoms with Gasteiger partial charge in [-0.3, -0.25) is 29.5 Å². The van der Waals surface area contributed by atoms with Gasteiger partial charge in [-0.2, -0.15) is 5.26 Å². The van der Waals surface area contributed by atoms with E-state index in [2.05, 4.69) is 21.9 Å². The second-order valence-electron chi connectivity index (χ2n) is 6.61. The van der Waals surface area contributed by atoms with E-state index in [1.807, 2.05) is 0 Å². The van der Waals surface area contributed by atoms with Gasteiger partial charge in [0.1, 0.15) is 11.6 Å². The molecule has 31 heavy (non-hydrogen) atoms. The molecule has 0 unspecified atom stereocenters. The molecule has 0 saturated carbocycles. The van der Waals surface area contributed by atoms with Crippen LogP contribution in [0.2, 0.25) is 0 Å². The highest BCUT2D eigenvalue weighted by molar-refractivity contribution is 5.98. The van der Waals surface area contributed by atoms with Crippen molar-refractivity contribution in [2.75, 3.05) is 0 Å². The number of carbonyl (C=O) groups is 1. The summed E-state index contributed by atoms with van der Waals surface area (Å²) in [5.74, 6) is -0.747. The summed E-state index contributed by atoms with van der Waals surface area (Å²) in [5, 5.41) is 20.9. The Morgan fingerprint density at radius 3 is 2.68 bits per heavy atom. The van der Waals surface area contributed by atoms with Crippen molar-refractivity contribution in [3.8, 4) is 6.07 Å². The lowest BCUT2D eigenvalue weighted by Gasteiger charge is -2.06. The zero-order chi connectivity index (χ0) is 22.1. The van der Waals surface area contributed by atoms with Gasteiger partial charge in [0.15, 0.2) is 5.65 Å². The normalized spacial score (nSPS) is 11.4. The fourth-order valence-corrected chi connectivity index (χ4v) is 3.35. The summed E-state index contributed by atoms with van der Waals surface area (Å²) in [4.78, 5) is 40.3. The molecule has 0 saturated heterocycles. The van der Waals surface area contributed by atoms with Crippen LogP contribution in [-0.4, -0.2) is 20.2 Å². The molecule has 2 aromatic heterocycles. The summed E-state index contributed by atoms with van der Waals surface area (Å²) in [6.45, 7) is 1.61. The largest absolute Gasteiger partial charge is 0.305 e. The highest BCUT2D eigenvalue weighted by atomic mass is 16.6. The molecule has 1 amide bonds. The van der Waals surface area contributed by atoms with Crippen LogP contribution in [0.5, 0.6) is 0 Å². The molecule has 4 rings (SSSR count). The smallest absolute Gasteiger partial charge is 0.282 e. The first-order chi connectivity index (χ1) is 14.9. The molecule has 2 aromatic carbocycles. The number of pyridine rings is 1. The number of hydrogen-bond donors (Lipinski definition) is 2. The van der Waals surface area contributed by atoms with Crippen LogP contribution in [0.3, 0.4) is 0 Å². The number of nitro groups is 1. The number of hydrazine groups is 1. The second-order valence-corrected chi connectivity index (χ2v) is 6.61. The Kier molecular flexibility index (Phi) is 4.77. The first-order valence-electron chi connectivity index (χ1n) is 9.07. The zero-order valence-electron chi connectivity index (χ0n) is 16.1. The van der Waals surface area contributed by atoms with Gasteiger partial charge < -0.3 is 5.43 Å². The number of amides is 1. The van der Waals surface area contributed by atoms with Crippen LogP contribution in [0, 0.1) is 28.4 Å². The molecule has 4 aromatic rings. The Balaban J connectivity index is 1.78. The van der Waals surface area contributed by atoms with Gasteiger partial charge in [-0.05, 0) is 30.7 Å². The number of carbonyl (C=O) groups excluding carboxylic acids is 1. The van der Waals surface area contributed by atoms with Crippen LogP contribution in [0.1, 0.15) is 21.5 Å². The molecule has 0 spiro atoms. The molecule has 2 N–H and O–H groups in total. The van der Waals surface area contributed by atoms with E-state index in [-0.39, 0.29) is 27.7 Å². The van der Waals surface area contributed by atoms with E-state index < -0.39 is 16.4 Å². The first kappa shape index (κ1) is 19.5. The number of rotatable bonds is 4. The first-order valence-corrected chi connectivity index (χ1v) is 9.07. The third kappa shape index (κ3) is 3.20. The average Bonchev–Trinajstić information content (AvgIpc) is 3.15. The number of hydrogen-bond acceptors (Lipinski definition) is 7. The highest BCUT2D eigenvalue weighted by Crippen LogP contribution is 2.18. The molecule has 0 aliphatic rings. The lowest BCUT2D eigenvalue weighted by molar-refractivity contribution is -0.385. The van der Waals surface area contributed by atoms with E-state index in [1.54, 1.807) is 31.2 Å². The molecule has 0 bridgehead atoms. The number of nitro benzene ring substituents is 1. The molecular weight excluding hydrogens is 400 g/mol. The molecule has 152 valence electrons. The molecule has 10 nitrogen and oxygen atoms in total. The number of fused-ring (bicyclic) bond motifs is 3. The van der Waals surface area contributed by atoms with Crippen molar-refractivity contribution in [1.82, 2.24) is 20.2 Å². The summed E-state index contributed by atoms with van der Waals surface area (Å²) >= 11 is 0. The van der Waals surface area contributed by atoms with Crippen molar-refractivity contribution in [1.29, 1.82) is 5.26 Å². The Morgan fingerprint density at radius 2 is 1.94 bits per heavy atom. The van der Waals surface area contributed by atoms with Crippen molar-refractivity contribution >= 4 is 34.5 Å². The van der Waals surface area contributed by atoms with Gasteiger partial charge in [-0.1, -0.05) is 24.3 Å².